The van der Waals surface area contributed by atoms with Crippen molar-refractivity contribution in [2.45, 2.75) is 38.3 Å². The predicted molar refractivity (Wildman–Crippen MR) is 149 cm³/mol. The van der Waals surface area contributed by atoms with Gasteiger partial charge in [0.2, 0.25) is 11.9 Å². The second kappa shape index (κ2) is 11.4. The summed E-state index contributed by atoms with van der Waals surface area (Å²) in [7, 11) is 0. The maximum absolute atomic E-state index is 12.7. The molecule has 9 rings (SSSR count). The van der Waals surface area contributed by atoms with E-state index >= 15 is 0 Å². The van der Waals surface area contributed by atoms with E-state index in [-0.39, 0.29) is 11.9 Å². The number of carbonyl (C=O) groups is 1. The molecule has 2 aromatic heterocycles. The van der Waals surface area contributed by atoms with Crippen molar-refractivity contribution in [3.8, 4) is 11.1 Å². The Morgan fingerprint density at radius 2 is 1.66 bits per heavy atom. The monoisotopic (exact) mass is 512 g/mol. The van der Waals surface area contributed by atoms with Crippen LogP contribution in [-0.2, 0) is 11.3 Å². The standard InChI is InChI=1S/C29H36N8O/c38-28-20-37-12-10-36(11-13-37)19-22-2-1-3-25(15-22)34-27-16-23(6-8-30-27)24-17-32-29(33-18-24)35-26(7-9-31-28)14-21-4-5-21/h1-3,6,8,15-18,21,26H,4-5,7,9-14,19-20H2,(H,30,34)(H,31,38)(H,32,33,35). The van der Waals surface area contributed by atoms with Crippen molar-refractivity contribution >= 4 is 23.4 Å². The molecule has 1 atom stereocenters. The fourth-order valence-electron chi connectivity index (χ4n) is 5.32. The molecule has 5 aliphatic heterocycles. The van der Waals surface area contributed by atoms with E-state index in [1.165, 1.54) is 18.4 Å². The lowest BCUT2D eigenvalue weighted by Crippen LogP contribution is -2.49. The summed E-state index contributed by atoms with van der Waals surface area (Å²) in [6, 6.07) is 12.8. The summed E-state index contributed by atoms with van der Waals surface area (Å²) in [6.45, 7) is 5.73. The van der Waals surface area contributed by atoms with E-state index in [4.69, 9.17) is 0 Å². The molecular formula is C29H36N8O. The number of rotatable bonds is 2. The van der Waals surface area contributed by atoms with E-state index in [0.29, 0.717) is 19.0 Å². The molecule has 0 spiro atoms. The Hall–Kier alpha value is -3.56. The van der Waals surface area contributed by atoms with Gasteiger partial charge < -0.3 is 16.0 Å². The number of nitrogens with zero attached hydrogens (tertiary/aromatic N) is 5. The van der Waals surface area contributed by atoms with Crippen LogP contribution >= 0.6 is 0 Å². The quantitative estimate of drug-likeness (QED) is 0.480. The van der Waals surface area contributed by atoms with Crippen LogP contribution in [0, 0.1) is 5.92 Å². The Morgan fingerprint density at radius 3 is 2.45 bits per heavy atom. The highest BCUT2D eigenvalue weighted by molar-refractivity contribution is 5.78. The molecule has 3 N–H and O–H groups in total. The third-order valence-corrected chi connectivity index (χ3v) is 7.65. The number of amides is 1. The van der Waals surface area contributed by atoms with Crippen LogP contribution in [0.5, 0.6) is 0 Å². The minimum absolute atomic E-state index is 0.108. The number of aromatic nitrogens is 3. The molecule has 9 heteroatoms. The van der Waals surface area contributed by atoms with E-state index in [2.05, 4.69) is 65.0 Å². The molecule has 1 aliphatic carbocycles. The summed E-state index contributed by atoms with van der Waals surface area (Å²) in [4.78, 5) is 31.1. The smallest absolute Gasteiger partial charge is 0.234 e. The summed E-state index contributed by atoms with van der Waals surface area (Å²) < 4.78 is 0. The molecule has 7 heterocycles. The number of piperazine rings is 1. The molecule has 9 nitrogen and oxygen atoms in total. The van der Waals surface area contributed by atoms with Crippen LogP contribution in [0.3, 0.4) is 0 Å². The molecule has 1 saturated heterocycles. The van der Waals surface area contributed by atoms with Crippen molar-refractivity contribution in [3.63, 3.8) is 0 Å². The van der Waals surface area contributed by atoms with E-state index in [0.717, 1.165) is 74.1 Å². The SMILES string of the molecule is O=C1CN2CCN(CC2)Cc2cccc(c2)Nc2cc(ccn2)-c2cnc(nc2)NC(CC2CC2)CCN1. The average Bonchev–Trinajstić information content (AvgIpc) is 3.74. The van der Waals surface area contributed by atoms with Crippen LogP contribution in [0.25, 0.3) is 11.1 Å². The first-order valence-corrected chi connectivity index (χ1v) is 13.8. The zero-order valence-electron chi connectivity index (χ0n) is 21.8. The van der Waals surface area contributed by atoms with Crippen LogP contribution in [0.15, 0.2) is 55.0 Å². The van der Waals surface area contributed by atoms with Gasteiger partial charge >= 0.3 is 0 Å². The Balaban J connectivity index is 1.23. The summed E-state index contributed by atoms with van der Waals surface area (Å²) >= 11 is 0. The number of benzene rings is 1. The fourth-order valence-corrected chi connectivity index (χ4v) is 5.32. The summed E-state index contributed by atoms with van der Waals surface area (Å²) in [5.74, 6) is 2.29. The minimum atomic E-state index is 0.108. The van der Waals surface area contributed by atoms with Crippen LogP contribution in [-0.4, -0.2) is 76.0 Å². The second-order valence-corrected chi connectivity index (χ2v) is 10.8. The predicted octanol–water partition coefficient (Wildman–Crippen LogP) is 3.50. The third-order valence-electron chi connectivity index (χ3n) is 7.65. The Labute approximate surface area is 224 Å². The van der Waals surface area contributed by atoms with Crippen LogP contribution in [0.4, 0.5) is 17.5 Å². The van der Waals surface area contributed by atoms with Gasteiger partial charge in [-0.3, -0.25) is 14.6 Å². The van der Waals surface area contributed by atoms with Gasteiger partial charge in [-0.2, -0.15) is 0 Å². The Morgan fingerprint density at radius 1 is 0.868 bits per heavy atom. The van der Waals surface area contributed by atoms with Crippen molar-refractivity contribution in [3.05, 3.63) is 60.6 Å². The molecule has 1 saturated carbocycles. The number of anilines is 3. The Kier molecular flexibility index (Phi) is 7.46. The van der Waals surface area contributed by atoms with E-state index in [1.807, 2.05) is 30.7 Å². The maximum atomic E-state index is 12.7. The average molecular weight is 513 g/mol. The molecule has 198 valence electrons. The van der Waals surface area contributed by atoms with Gasteiger partial charge in [0.05, 0.1) is 6.54 Å². The van der Waals surface area contributed by atoms with E-state index in [9.17, 15) is 4.79 Å². The normalized spacial score (nSPS) is 24.2. The fraction of sp³-hybridized carbons (Fsp3) is 0.448. The topological polar surface area (TPSA) is 98.3 Å². The number of hydrogen-bond donors (Lipinski definition) is 3. The molecule has 0 radical (unpaired) electrons. The minimum Gasteiger partial charge on any atom is -0.355 e. The summed E-state index contributed by atoms with van der Waals surface area (Å²) in [5.41, 5.74) is 4.22. The van der Waals surface area contributed by atoms with Gasteiger partial charge in [-0.05, 0) is 54.2 Å². The lowest BCUT2D eigenvalue weighted by atomic mass is 10.1. The molecule has 6 aliphatic rings. The molecule has 38 heavy (non-hydrogen) atoms. The highest BCUT2D eigenvalue weighted by Crippen LogP contribution is 2.34. The largest absolute Gasteiger partial charge is 0.355 e. The summed E-state index contributed by atoms with van der Waals surface area (Å²) in [6.07, 6.45) is 10.1. The zero-order chi connectivity index (χ0) is 25.7. The highest BCUT2D eigenvalue weighted by Gasteiger charge is 2.26. The zero-order valence-corrected chi connectivity index (χ0v) is 21.8. The molecule has 1 amide bonds. The van der Waals surface area contributed by atoms with Crippen molar-refractivity contribution in [2.75, 3.05) is 49.9 Å². The first-order valence-electron chi connectivity index (χ1n) is 13.8. The number of carbonyl (C=O) groups excluding carboxylic acids is 1. The first kappa shape index (κ1) is 24.8. The first-order chi connectivity index (χ1) is 18.7. The molecular weight excluding hydrogens is 476 g/mol. The molecule has 1 unspecified atom stereocenters. The van der Waals surface area contributed by atoms with Crippen molar-refractivity contribution in [1.82, 2.24) is 30.1 Å². The van der Waals surface area contributed by atoms with E-state index in [1.54, 1.807) is 0 Å². The van der Waals surface area contributed by atoms with Gasteiger partial charge in [0, 0.05) is 75.2 Å². The van der Waals surface area contributed by atoms with Gasteiger partial charge in [0.15, 0.2) is 0 Å². The third kappa shape index (κ3) is 6.65. The van der Waals surface area contributed by atoms with Crippen LogP contribution in [0.1, 0.15) is 31.2 Å². The molecule has 1 aromatic carbocycles. The van der Waals surface area contributed by atoms with Gasteiger partial charge in [0.25, 0.3) is 0 Å². The number of nitrogens with one attached hydrogen (secondary N) is 3. The summed E-state index contributed by atoms with van der Waals surface area (Å²) in [5, 5.41) is 10.1. The van der Waals surface area contributed by atoms with Gasteiger partial charge in [-0.25, -0.2) is 15.0 Å². The lowest BCUT2D eigenvalue weighted by Gasteiger charge is -2.34. The molecule has 3 aromatic rings. The Bertz CT molecular complexity index is 1240. The second-order valence-electron chi connectivity index (χ2n) is 10.8. The van der Waals surface area contributed by atoms with Crippen molar-refractivity contribution < 1.29 is 4.79 Å². The van der Waals surface area contributed by atoms with Crippen LogP contribution < -0.4 is 16.0 Å². The van der Waals surface area contributed by atoms with Crippen molar-refractivity contribution in [2.24, 2.45) is 5.92 Å². The molecule has 8 bridgehead atoms. The lowest BCUT2D eigenvalue weighted by molar-refractivity contribution is -0.122. The molecule has 2 fully saturated rings. The van der Waals surface area contributed by atoms with Gasteiger partial charge in [-0.15, -0.1) is 0 Å². The maximum Gasteiger partial charge on any atom is 0.234 e. The van der Waals surface area contributed by atoms with Gasteiger partial charge in [-0.1, -0.05) is 25.0 Å². The van der Waals surface area contributed by atoms with E-state index < -0.39 is 0 Å². The highest BCUT2D eigenvalue weighted by atomic mass is 16.2. The number of pyridine rings is 1. The number of hydrogen-bond acceptors (Lipinski definition) is 8. The van der Waals surface area contributed by atoms with Gasteiger partial charge in [0.1, 0.15) is 5.82 Å². The van der Waals surface area contributed by atoms with Crippen molar-refractivity contribution in [1.29, 1.82) is 0 Å². The van der Waals surface area contributed by atoms with Crippen LogP contribution in [0.2, 0.25) is 0 Å².